The van der Waals surface area contributed by atoms with Gasteiger partial charge in [0, 0.05) is 31.1 Å². The van der Waals surface area contributed by atoms with Crippen LogP contribution in [0.25, 0.3) is 0 Å². The highest BCUT2D eigenvalue weighted by Crippen LogP contribution is 2.17. The number of nitrogens with zero attached hydrogens (tertiary/aromatic N) is 1. The first-order valence-corrected chi connectivity index (χ1v) is 8.12. The fraction of sp³-hybridized carbons (Fsp3) is 0.600. The highest BCUT2D eigenvalue weighted by Gasteiger charge is 2.08. The summed E-state index contributed by atoms with van der Waals surface area (Å²) in [6, 6.07) is 10.6. The van der Waals surface area contributed by atoms with E-state index < -0.39 is 0 Å². The molecule has 1 aliphatic heterocycles. The second-order valence-electron chi connectivity index (χ2n) is 4.72. The Bertz CT molecular complexity index is 328. The van der Waals surface area contributed by atoms with Gasteiger partial charge in [-0.1, -0.05) is 18.2 Å². The van der Waals surface area contributed by atoms with Crippen LogP contribution in [0.3, 0.4) is 0 Å². The van der Waals surface area contributed by atoms with Gasteiger partial charge in [-0.3, -0.25) is 4.90 Å². The zero-order chi connectivity index (χ0) is 13.2. The van der Waals surface area contributed by atoms with E-state index in [1.807, 2.05) is 11.8 Å². The molecule has 1 heterocycles. The first-order chi connectivity index (χ1) is 9.45. The molecule has 0 spiro atoms. The van der Waals surface area contributed by atoms with Gasteiger partial charge in [-0.2, -0.15) is 0 Å². The van der Waals surface area contributed by atoms with Crippen molar-refractivity contribution in [3.05, 3.63) is 30.3 Å². The first-order valence-electron chi connectivity index (χ1n) is 7.14. The van der Waals surface area contributed by atoms with Gasteiger partial charge in [-0.25, -0.2) is 0 Å². The van der Waals surface area contributed by atoms with Gasteiger partial charge in [0.1, 0.15) is 0 Å². The van der Waals surface area contributed by atoms with Gasteiger partial charge in [-0.15, -0.1) is 11.8 Å². The Balaban J connectivity index is 1.42. The van der Waals surface area contributed by atoms with E-state index in [9.17, 15) is 0 Å². The standard InChI is InChI=1S/C15H24N2OS/c1-2-5-15(6-3-1)19-14-4-7-16-8-9-17-10-12-18-13-11-17/h1-3,5-6,16H,4,7-14H2. The highest BCUT2D eigenvalue weighted by atomic mass is 32.2. The van der Waals surface area contributed by atoms with E-state index in [-0.39, 0.29) is 0 Å². The third-order valence-electron chi connectivity index (χ3n) is 3.22. The molecule has 0 atom stereocenters. The SMILES string of the molecule is c1ccc(SCCCNCCN2CCOCC2)cc1. The molecular formula is C15H24N2OS. The lowest BCUT2D eigenvalue weighted by Gasteiger charge is -2.26. The minimum Gasteiger partial charge on any atom is -0.379 e. The number of nitrogens with one attached hydrogen (secondary N) is 1. The maximum absolute atomic E-state index is 5.34. The summed E-state index contributed by atoms with van der Waals surface area (Å²) in [5.74, 6) is 1.19. The number of rotatable bonds is 8. The molecule has 106 valence electrons. The van der Waals surface area contributed by atoms with E-state index >= 15 is 0 Å². The van der Waals surface area contributed by atoms with Crippen molar-refractivity contribution >= 4 is 11.8 Å². The summed E-state index contributed by atoms with van der Waals surface area (Å²) >= 11 is 1.94. The van der Waals surface area contributed by atoms with Crippen LogP contribution in [-0.2, 0) is 4.74 Å². The van der Waals surface area contributed by atoms with E-state index in [1.165, 1.54) is 17.1 Å². The van der Waals surface area contributed by atoms with E-state index in [1.54, 1.807) is 0 Å². The molecule has 19 heavy (non-hydrogen) atoms. The highest BCUT2D eigenvalue weighted by molar-refractivity contribution is 7.99. The molecule has 1 saturated heterocycles. The third-order valence-corrected chi connectivity index (χ3v) is 4.32. The second kappa shape index (κ2) is 9.37. The number of thioether (sulfide) groups is 1. The van der Waals surface area contributed by atoms with E-state index in [0.717, 1.165) is 45.9 Å². The molecule has 0 radical (unpaired) electrons. The predicted octanol–water partition coefficient (Wildman–Crippen LogP) is 2.09. The minimum atomic E-state index is 0.897. The number of benzene rings is 1. The van der Waals surface area contributed by atoms with Crippen LogP contribution in [0.1, 0.15) is 6.42 Å². The van der Waals surface area contributed by atoms with Crippen molar-refractivity contribution in [1.82, 2.24) is 10.2 Å². The molecule has 0 aliphatic carbocycles. The lowest BCUT2D eigenvalue weighted by Crippen LogP contribution is -2.40. The maximum atomic E-state index is 5.34. The molecule has 0 amide bonds. The molecule has 1 N–H and O–H groups in total. The van der Waals surface area contributed by atoms with Crippen molar-refractivity contribution in [1.29, 1.82) is 0 Å². The normalized spacial score (nSPS) is 16.6. The zero-order valence-corrected chi connectivity index (χ0v) is 12.3. The van der Waals surface area contributed by atoms with Crippen LogP contribution in [0.5, 0.6) is 0 Å². The van der Waals surface area contributed by atoms with Crippen LogP contribution in [0.15, 0.2) is 35.2 Å². The summed E-state index contributed by atoms with van der Waals surface area (Å²) < 4.78 is 5.34. The fourth-order valence-electron chi connectivity index (χ4n) is 2.09. The van der Waals surface area contributed by atoms with Gasteiger partial charge in [0.2, 0.25) is 0 Å². The molecule has 2 rings (SSSR count). The second-order valence-corrected chi connectivity index (χ2v) is 5.89. The molecular weight excluding hydrogens is 256 g/mol. The van der Waals surface area contributed by atoms with Crippen molar-refractivity contribution in [3.63, 3.8) is 0 Å². The third kappa shape index (κ3) is 6.43. The van der Waals surface area contributed by atoms with Crippen LogP contribution in [0.2, 0.25) is 0 Å². The molecule has 0 bridgehead atoms. The summed E-state index contributed by atoms with van der Waals surface area (Å²) in [6.07, 6.45) is 1.22. The van der Waals surface area contributed by atoms with Crippen LogP contribution >= 0.6 is 11.8 Å². The average Bonchev–Trinajstić information content (AvgIpc) is 2.48. The van der Waals surface area contributed by atoms with E-state index in [0.29, 0.717) is 0 Å². The van der Waals surface area contributed by atoms with Gasteiger partial charge in [-0.05, 0) is 30.9 Å². The average molecular weight is 280 g/mol. The molecule has 0 unspecified atom stereocenters. The Morgan fingerprint density at radius 3 is 2.68 bits per heavy atom. The predicted molar refractivity (Wildman–Crippen MR) is 81.9 cm³/mol. The molecule has 0 aromatic heterocycles. The van der Waals surface area contributed by atoms with Crippen molar-refractivity contribution in [3.8, 4) is 0 Å². The summed E-state index contributed by atoms with van der Waals surface area (Å²) in [5.41, 5.74) is 0. The Labute approximate surface area is 120 Å². The number of hydrogen-bond acceptors (Lipinski definition) is 4. The van der Waals surface area contributed by atoms with Crippen molar-refractivity contribution < 1.29 is 4.74 Å². The van der Waals surface area contributed by atoms with Gasteiger partial charge in [0.25, 0.3) is 0 Å². The molecule has 1 fully saturated rings. The molecule has 1 aromatic rings. The number of hydrogen-bond donors (Lipinski definition) is 1. The lowest BCUT2D eigenvalue weighted by molar-refractivity contribution is 0.0384. The van der Waals surface area contributed by atoms with Crippen LogP contribution in [-0.4, -0.2) is 56.6 Å². The molecule has 3 nitrogen and oxygen atoms in total. The molecule has 1 aliphatic rings. The zero-order valence-electron chi connectivity index (χ0n) is 11.5. The van der Waals surface area contributed by atoms with Crippen LogP contribution in [0, 0.1) is 0 Å². The Morgan fingerprint density at radius 2 is 1.89 bits per heavy atom. The smallest absolute Gasteiger partial charge is 0.0594 e. The maximum Gasteiger partial charge on any atom is 0.0594 e. The van der Waals surface area contributed by atoms with Gasteiger partial charge >= 0.3 is 0 Å². The monoisotopic (exact) mass is 280 g/mol. The topological polar surface area (TPSA) is 24.5 Å². The minimum absolute atomic E-state index is 0.897. The summed E-state index contributed by atoms with van der Waals surface area (Å²) in [4.78, 5) is 3.84. The van der Waals surface area contributed by atoms with Crippen LogP contribution in [0.4, 0.5) is 0 Å². The number of morpholine rings is 1. The Morgan fingerprint density at radius 1 is 1.11 bits per heavy atom. The van der Waals surface area contributed by atoms with Crippen molar-refractivity contribution in [2.45, 2.75) is 11.3 Å². The van der Waals surface area contributed by atoms with E-state index in [4.69, 9.17) is 4.74 Å². The van der Waals surface area contributed by atoms with Gasteiger partial charge in [0.15, 0.2) is 0 Å². The largest absolute Gasteiger partial charge is 0.379 e. The Hall–Kier alpha value is -0.550. The van der Waals surface area contributed by atoms with Gasteiger partial charge < -0.3 is 10.1 Å². The van der Waals surface area contributed by atoms with Crippen molar-refractivity contribution in [2.75, 3.05) is 51.7 Å². The number of ether oxygens (including phenoxy) is 1. The first kappa shape index (κ1) is 14.9. The molecule has 4 heteroatoms. The summed E-state index contributed by atoms with van der Waals surface area (Å²) in [5, 5.41) is 3.52. The van der Waals surface area contributed by atoms with E-state index in [2.05, 4.69) is 40.5 Å². The Kier molecular flexibility index (Phi) is 7.32. The summed E-state index contributed by atoms with van der Waals surface area (Å²) in [6.45, 7) is 7.33. The quantitative estimate of drug-likeness (QED) is 0.582. The lowest BCUT2D eigenvalue weighted by atomic mass is 10.4. The van der Waals surface area contributed by atoms with Crippen LogP contribution < -0.4 is 5.32 Å². The fourth-order valence-corrected chi connectivity index (χ4v) is 2.96. The summed E-state index contributed by atoms with van der Waals surface area (Å²) in [7, 11) is 0. The van der Waals surface area contributed by atoms with Crippen molar-refractivity contribution in [2.24, 2.45) is 0 Å². The molecule has 0 saturated carbocycles. The van der Waals surface area contributed by atoms with Gasteiger partial charge in [0.05, 0.1) is 13.2 Å². The molecule has 1 aromatic carbocycles.